The van der Waals surface area contributed by atoms with Gasteiger partial charge in [0.25, 0.3) is 5.91 Å². The molecule has 1 heterocycles. The van der Waals surface area contributed by atoms with Crippen molar-refractivity contribution < 1.29 is 13.2 Å². The van der Waals surface area contributed by atoms with Crippen molar-refractivity contribution in [3.05, 3.63) is 0 Å². The molecule has 0 radical (unpaired) electrons. The Morgan fingerprint density at radius 2 is 1.82 bits per heavy atom. The number of likely N-dealkylation sites (N-methyl/N-ethyl adjacent to an activating group) is 1. The Hall–Kier alpha value is -1.15. The smallest absolute Gasteiger partial charge is 0.257 e. The summed E-state index contributed by atoms with van der Waals surface area (Å²) in [5.41, 5.74) is 5.28. The van der Waals surface area contributed by atoms with Gasteiger partial charge in [0.2, 0.25) is 10.0 Å². The van der Waals surface area contributed by atoms with E-state index in [1.807, 2.05) is 0 Å². The highest BCUT2D eigenvalue weighted by Gasteiger charge is 2.48. The van der Waals surface area contributed by atoms with Crippen molar-refractivity contribution in [1.82, 2.24) is 9.62 Å². The molecule has 0 aromatic heterocycles. The fourth-order valence-electron chi connectivity index (χ4n) is 5.44. The summed E-state index contributed by atoms with van der Waals surface area (Å²) in [6.45, 7) is 0. The molecule has 2 saturated carbocycles. The quantitative estimate of drug-likeness (QED) is 0.670. The van der Waals surface area contributed by atoms with E-state index in [1.165, 1.54) is 43.3 Å². The molecule has 0 spiro atoms. The van der Waals surface area contributed by atoms with Gasteiger partial charge in [0.15, 0.2) is 5.96 Å². The normalized spacial score (nSPS) is 32.6. The van der Waals surface area contributed by atoms with E-state index in [4.69, 9.17) is 10.7 Å². The molecule has 160 valence electrons. The second-order valence-electron chi connectivity index (χ2n) is 9.23. The van der Waals surface area contributed by atoms with Crippen molar-refractivity contribution in [1.29, 1.82) is 0 Å². The number of carbonyl (C=O) groups excluding carboxylic acids is 1. The first-order chi connectivity index (χ1) is 13.2. The minimum atomic E-state index is -3.22. The second-order valence-corrected chi connectivity index (χ2v) is 11.0. The van der Waals surface area contributed by atoms with Crippen LogP contribution in [0, 0.1) is 11.8 Å². The monoisotopic (exact) mass is 412 g/mol. The number of guanidine groups is 1. The van der Waals surface area contributed by atoms with Crippen molar-refractivity contribution in [3.63, 3.8) is 0 Å². The average Bonchev–Trinajstić information content (AvgIpc) is 2.84. The van der Waals surface area contributed by atoms with E-state index in [-0.39, 0.29) is 17.9 Å². The zero-order valence-electron chi connectivity index (χ0n) is 17.3. The number of nitrogens with two attached hydrogens (primary N) is 1. The Labute approximate surface area is 169 Å². The third-order valence-corrected chi connectivity index (χ3v) is 7.62. The summed E-state index contributed by atoms with van der Waals surface area (Å²) in [6.07, 6.45) is 13.7. The van der Waals surface area contributed by atoms with Gasteiger partial charge in [0, 0.05) is 13.1 Å². The molecule has 1 unspecified atom stereocenters. The van der Waals surface area contributed by atoms with Crippen molar-refractivity contribution in [2.24, 2.45) is 22.6 Å². The van der Waals surface area contributed by atoms with Crippen molar-refractivity contribution in [3.8, 4) is 0 Å². The Bertz CT molecular complexity index is 702. The molecule has 0 aromatic carbocycles. The molecule has 2 fully saturated rings. The lowest BCUT2D eigenvalue weighted by molar-refractivity contribution is -0.131. The summed E-state index contributed by atoms with van der Waals surface area (Å²) in [7, 11) is -1.51. The lowest BCUT2D eigenvalue weighted by Crippen LogP contribution is -2.45. The number of rotatable bonds is 7. The number of carbonyl (C=O) groups is 1. The summed E-state index contributed by atoms with van der Waals surface area (Å²) < 4.78 is 26.0. The Kier molecular flexibility index (Phi) is 6.69. The molecular formula is C20H36N4O3S. The molecule has 8 heteroatoms. The average molecular weight is 413 g/mol. The van der Waals surface area contributed by atoms with Crippen LogP contribution in [0.3, 0.4) is 0 Å². The molecule has 3 rings (SSSR count). The number of aliphatic imine (C=N–C) groups is 1. The van der Waals surface area contributed by atoms with Crippen LogP contribution >= 0.6 is 0 Å². The first kappa shape index (κ1) is 21.6. The predicted molar refractivity (Wildman–Crippen MR) is 111 cm³/mol. The summed E-state index contributed by atoms with van der Waals surface area (Å²) in [4.78, 5) is 19.3. The Morgan fingerprint density at radius 3 is 2.43 bits per heavy atom. The van der Waals surface area contributed by atoms with Crippen LogP contribution in [-0.2, 0) is 14.8 Å². The van der Waals surface area contributed by atoms with Crippen LogP contribution in [0.25, 0.3) is 0 Å². The highest BCUT2D eigenvalue weighted by atomic mass is 32.2. The topological polar surface area (TPSA) is 105 Å². The van der Waals surface area contributed by atoms with Crippen LogP contribution in [-0.4, -0.2) is 50.1 Å². The Balaban J connectivity index is 1.69. The number of hydrogen-bond acceptors (Lipinski definition) is 5. The zero-order valence-corrected chi connectivity index (χ0v) is 18.1. The van der Waals surface area contributed by atoms with E-state index in [2.05, 4.69) is 4.72 Å². The molecule has 0 saturated heterocycles. The SMILES string of the molecule is CN1C(=O)[C@@](CCC2CCCCC2)(CC2CCC[C@@H](NS(C)(=O)=O)C2)N=C1N. The van der Waals surface area contributed by atoms with E-state index in [9.17, 15) is 13.2 Å². The number of amides is 1. The van der Waals surface area contributed by atoms with Gasteiger partial charge in [-0.25, -0.2) is 18.1 Å². The Morgan fingerprint density at radius 1 is 1.14 bits per heavy atom. The van der Waals surface area contributed by atoms with Crippen molar-refractivity contribution in [2.75, 3.05) is 13.3 Å². The van der Waals surface area contributed by atoms with E-state index in [1.54, 1.807) is 7.05 Å². The van der Waals surface area contributed by atoms with Gasteiger partial charge in [-0.15, -0.1) is 0 Å². The first-order valence-electron chi connectivity index (χ1n) is 10.8. The van der Waals surface area contributed by atoms with E-state index in [0.717, 1.165) is 38.5 Å². The molecule has 28 heavy (non-hydrogen) atoms. The molecule has 2 aliphatic carbocycles. The molecule has 0 aromatic rings. The van der Waals surface area contributed by atoms with Crippen molar-refractivity contribution in [2.45, 2.75) is 88.6 Å². The van der Waals surface area contributed by atoms with Gasteiger partial charge in [-0.1, -0.05) is 44.9 Å². The lowest BCUT2D eigenvalue weighted by Gasteiger charge is -2.35. The maximum absolute atomic E-state index is 13.1. The van der Waals surface area contributed by atoms with Crippen LogP contribution in [0.2, 0.25) is 0 Å². The molecular weight excluding hydrogens is 376 g/mol. The summed E-state index contributed by atoms with van der Waals surface area (Å²) in [5.74, 6) is 1.30. The fraction of sp³-hybridized carbons (Fsp3) is 0.900. The van der Waals surface area contributed by atoms with Crippen LogP contribution in [0.4, 0.5) is 0 Å². The molecule has 3 atom stereocenters. The minimum Gasteiger partial charge on any atom is -0.369 e. The molecule has 7 nitrogen and oxygen atoms in total. The van der Waals surface area contributed by atoms with E-state index in [0.29, 0.717) is 18.3 Å². The van der Waals surface area contributed by atoms with Gasteiger partial charge in [0.05, 0.1) is 6.26 Å². The van der Waals surface area contributed by atoms with Crippen molar-refractivity contribution >= 4 is 21.9 Å². The third-order valence-electron chi connectivity index (χ3n) is 6.86. The number of nitrogens with zero attached hydrogens (tertiary/aromatic N) is 2. The molecule has 1 amide bonds. The predicted octanol–water partition coefficient (Wildman–Crippen LogP) is 2.37. The molecule has 3 aliphatic rings. The van der Waals surface area contributed by atoms with Gasteiger partial charge in [-0.3, -0.25) is 9.69 Å². The molecule has 0 bridgehead atoms. The highest BCUT2D eigenvalue weighted by molar-refractivity contribution is 7.88. The fourth-order valence-corrected chi connectivity index (χ4v) is 6.26. The van der Waals surface area contributed by atoms with Crippen LogP contribution < -0.4 is 10.5 Å². The first-order valence-corrected chi connectivity index (χ1v) is 12.7. The van der Waals surface area contributed by atoms with Gasteiger partial charge < -0.3 is 5.73 Å². The molecule has 1 aliphatic heterocycles. The maximum Gasteiger partial charge on any atom is 0.257 e. The highest BCUT2D eigenvalue weighted by Crippen LogP contribution is 2.40. The van der Waals surface area contributed by atoms with Crippen LogP contribution in [0.5, 0.6) is 0 Å². The largest absolute Gasteiger partial charge is 0.369 e. The number of sulfonamides is 1. The number of nitrogens with one attached hydrogen (secondary N) is 1. The van der Waals surface area contributed by atoms with Gasteiger partial charge in [-0.05, 0) is 43.9 Å². The summed E-state index contributed by atoms with van der Waals surface area (Å²) in [5, 5.41) is 0. The lowest BCUT2D eigenvalue weighted by atomic mass is 9.74. The van der Waals surface area contributed by atoms with Gasteiger partial charge in [-0.2, -0.15) is 0 Å². The maximum atomic E-state index is 13.1. The zero-order chi connectivity index (χ0) is 20.4. The summed E-state index contributed by atoms with van der Waals surface area (Å²) >= 11 is 0. The summed E-state index contributed by atoms with van der Waals surface area (Å²) in [6, 6.07) is -0.0419. The van der Waals surface area contributed by atoms with E-state index >= 15 is 0 Å². The van der Waals surface area contributed by atoms with Gasteiger partial charge >= 0.3 is 0 Å². The second kappa shape index (κ2) is 8.69. The number of hydrogen-bond donors (Lipinski definition) is 2. The minimum absolute atomic E-state index is 0.0130. The third kappa shape index (κ3) is 5.26. The van der Waals surface area contributed by atoms with Crippen LogP contribution in [0.1, 0.15) is 77.0 Å². The van der Waals surface area contributed by atoms with Gasteiger partial charge in [0.1, 0.15) is 5.54 Å². The molecule has 3 N–H and O–H groups in total. The van der Waals surface area contributed by atoms with Crippen LogP contribution in [0.15, 0.2) is 4.99 Å². The van der Waals surface area contributed by atoms with E-state index < -0.39 is 15.6 Å². The standard InChI is InChI=1S/C20H36N4O3S/c1-24-18(25)20(22-19(24)21,12-11-15-7-4-3-5-8-15)14-16-9-6-10-17(13-16)23-28(2,26)27/h15-17,23H,3-14H2,1-2H3,(H2,21,22)/t16?,17-,20-/m1/s1.